The van der Waals surface area contributed by atoms with E-state index in [4.69, 9.17) is 4.84 Å². The molecule has 0 aliphatic carbocycles. The first-order valence-electron chi connectivity index (χ1n) is 5.64. The number of nitrogens with zero attached hydrogens (tertiary/aromatic N) is 1. The summed E-state index contributed by atoms with van der Waals surface area (Å²) in [7, 11) is 0. The van der Waals surface area contributed by atoms with Gasteiger partial charge in [-0.05, 0) is 65.6 Å². The predicted octanol–water partition coefficient (Wildman–Crippen LogP) is 4.24. The molecular formula is C14H12INO2S. The van der Waals surface area contributed by atoms with Gasteiger partial charge in [0, 0.05) is 3.57 Å². The molecule has 98 valence electrons. The molecule has 1 aromatic carbocycles. The minimum atomic E-state index is -0.436. The first kappa shape index (κ1) is 14.2. The van der Waals surface area contributed by atoms with Crippen molar-refractivity contribution in [2.75, 3.05) is 0 Å². The summed E-state index contributed by atoms with van der Waals surface area (Å²) in [6.45, 7) is 3.81. The smallest absolute Gasteiger partial charge is 0.313 e. The number of hydrogen-bond donors (Lipinski definition) is 0. The van der Waals surface area contributed by atoms with Crippen LogP contribution in [0.15, 0.2) is 40.9 Å². The Bertz CT molecular complexity index is 620. The van der Waals surface area contributed by atoms with Gasteiger partial charge in [-0.25, -0.2) is 4.79 Å². The van der Waals surface area contributed by atoms with Crippen LogP contribution in [0.25, 0.3) is 0 Å². The molecule has 0 saturated heterocycles. The summed E-state index contributed by atoms with van der Waals surface area (Å²) in [6, 6.07) is 9.31. The average Bonchev–Trinajstić information content (AvgIpc) is 2.92. The fraction of sp³-hybridized carbons (Fsp3) is 0.143. The molecule has 1 aromatic heterocycles. The molecule has 0 radical (unpaired) electrons. The first-order valence-corrected chi connectivity index (χ1v) is 7.60. The molecule has 0 unspecified atom stereocenters. The molecule has 5 heteroatoms. The molecule has 1 heterocycles. The molecule has 0 saturated carbocycles. The minimum absolute atomic E-state index is 0.436. The Morgan fingerprint density at radius 1 is 1.37 bits per heavy atom. The number of carbonyl (C=O) groups is 1. The van der Waals surface area contributed by atoms with E-state index < -0.39 is 5.97 Å². The SMILES string of the molecule is C/C(=N/OC(=O)c1ccc(C)c(I)c1)c1cccs1. The zero-order valence-corrected chi connectivity index (χ0v) is 13.5. The van der Waals surface area contributed by atoms with Gasteiger partial charge in [-0.3, -0.25) is 0 Å². The Balaban J connectivity index is 2.09. The van der Waals surface area contributed by atoms with Crippen molar-refractivity contribution in [3.05, 3.63) is 55.3 Å². The van der Waals surface area contributed by atoms with Crippen molar-refractivity contribution in [3.8, 4) is 0 Å². The second-order valence-electron chi connectivity index (χ2n) is 4.00. The third kappa shape index (κ3) is 3.63. The van der Waals surface area contributed by atoms with Gasteiger partial charge in [-0.1, -0.05) is 17.3 Å². The third-order valence-electron chi connectivity index (χ3n) is 2.55. The lowest BCUT2D eigenvalue weighted by Gasteiger charge is -2.02. The van der Waals surface area contributed by atoms with E-state index in [2.05, 4.69) is 27.7 Å². The minimum Gasteiger partial charge on any atom is -0.313 e. The highest BCUT2D eigenvalue weighted by Gasteiger charge is 2.09. The van der Waals surface area contributed by atoms with Crippen LogP contribution in [-0.4, -0.2) is 11.7 Å². The highest BCUT2D eigenvalue weighted by molar-refractivity contribution is 14.1. The standard InChI is InChI=1S/C14H12INO2S/c1-9-5-6-11(8-12(9)15)14(17)18-16-10(2)13-4-3-7-19-13/h3-8H,1-2H3/b16-10-. The maximum Gasteiger partial charge on any atom is 0.365 e. The number of halogens is 1. The molecule has 19 heavy (non-hydrogen) atoms. The van der Waals surface area contributed by atoms with E-state index in [0.29, 0.717) is 11.3 Å². The molecular weight excluding hydrogens is 373 g/mol. The Morgan fingerprint density at radius 2 is 2.16 bits per heavy atom. The summed E-state index contributed by atoms with van der Waals surface area (Å²) in [5, 5.41) is 5.83. The molecule has 0 aliphatic rings. The van der Waals surface area contributed by atoms with Crippen LogP contribution in [0.1, 0.15) is 27.7 Å². The Kier molecular flexibility index (Phi) is 4.71. The van der Waals surface area contributed by atoms with E-state index >= 15 is 0 Å². The Morgan fingerprint density at radius 3 is 2.79 bits per heavy atom. The second-order valence-corrected chi connectivity index (χ2v) is 6.11. The average molecular weight is 385 g/mol. The second kappa shape index (κ2) is 6.29. The maximum absolute atomic E-state index is 11.9. The predicted molar refractivity (Wildman–Crippen MR) is 85.8 cm³/mol. The maximum atomic E-state index is 11.9. The Labute approximate surface area is 129 Å². The molecule has 0 fully saturated rings. The van der Waals surface area contributed by atoms with Gasteiger partial charge in [-0.15, -0.1) is 11.3 Å². The number of thiophene rings is 1. The molecule has 2 rings (SSSR count). The molecule has 0 spiro atoms. The topological polar surface area (TPSA) is 38.7 Å². The van der Waals surface area contributed by atoms with E-state index in [1.165, 1.54) is 0 Å². The lowest BCUT2D eigenvalue weighted by Crippen LogP contribution is -2.04. The quantitative estimate of drug-likeness (QED) is 0.343. The fourth-order valence-electron chi connectivity index (χ4n) is 1.41. The van der Waals surface area contributed by atoms with Crippen LogP contribution in [0.2, 0.25) is 0 Å². The highest BCUT2D eigenvalue weighted by Crippen LogP contribution is 2.15. The van der Waals surface area contributed by atoms with Gasteiger partial charge < -0.3 is 4.84 Å². The number of rotatable bonds is 3. The number of hydrogen-bond acceptors (Lipinski definition) is 4. The summed E-state index contributed by atoms with van der Waals surface area (Å²) in [5.74, 6) is -0.436. The molecule has 2 aromatic rings. The summed E-state index contributed by atoms with van der Waals surface area (Å²) in [5.41, 5.74) is 2.35. The molecule has 3 nitrogen and oxygen atoms in total. The van der Waals surface area contributed by atoms with Crippen LogP contribution >= 0.6 is 33.9 Å². The van der Waals surface area contributed by atoms with E-state index in [9.17, 15) is 4.79 Å². The monoisotopic (exact) mass is 385 g/mol. The fourth-order valence-corrected chi connectivity index (χ4v) is 2.60. The first-order chi connectivity index (χ1) is 9.08. The van der Waals surface area contributed by atoms with Crippen molar-refractivity contribution in [1.82, 2.24) is 0 Å². The molecule has 0 N–H and O–H groups in total. The largest absolute Gasteiger partial charge is 0.365 e. The highest BCUT2D eigenvalue weighted by atomic mass is 127. The van der Waals surface area contributed by atoms with Gasteiger partial charge in [0.25, 0.3) is 0 Å². The van der Waals surface area contributed by atoms with Crippen molar-refractivity contribution < 1.29 is 9.63 Å². The van der Waals surface area contributed by atoms with Gasteiger partial charge in [0.15, 0.2) is 0 Å². The molecule has 0 atom stereocenters. The van der Waals surface area contributed by atoms with Crippen molar-refractivity contribution in [2.45, 2.75) is 13.8 Å². The molecule has 0 aliphatic heterocycles. The Hall–Kier alpha value is -1.21. The van der Waals surface area contributed by atoms with E-state index in [1.807, 2.05) is 37.4 Å². The molecule has 0 amide bonds. The third-order valence-corrected chi connectivity index (χ3v) is 4.69. The van der Waals surface area contributed by atoms with E-state index in [0.717, 1.165) is 14.0 Å². The van der Waals surface area contributed by atoms with Crippen molar-refractivity contribution >= 4 is 45.6 Å². The zero-order valence-electron chi connectivity index (χ0n) is 10.5. The van der Waals surface area contributed by atoms with Crippen LogP contribution in [0.5, 0.6) is 0 Å². The number of aryl methyl sites for hydroxylation is 1. The van der Waals surface area contributed by atoms with E-state index in [1.54, 1.807) is 23.5 Å². The summed E-state index contributed by atoms with van der Waals surface area (Å²) in [6.07, 6.45) is 0. The van der Waals surface area contributed by atoms with Crippen molar-refractivity contribution in [3.63, 3.8) is 0 Å². The van der Waals surface area contributed by atoms with Gasteiger partial charge in [0.2, 0.25) is 0 Å². The summed E-state index contributed by atoms with van der Waals surface area (Å²) >= 11 is 3.75. The van der Waals surface area contributed by atoms with Crippen LogP contribution in [0.3, 0.4) is 0 Å². The van der Waals surface area contributed by atoms with Gasteiger partial charge >= 0.3 is 5.97 Å². The van der Waals surface area contributed by atoms with Crippen LogP contribution in [0, 0.1) is 10.5 Å². The van der Waals surface area contributed by atoms with Crippen molar-refractivity contribution in [2.24, 2.45) is 5.16 Å². The summed E-state index contributed by atoms with van der Waals surface area (Å²) in [4.78, 5) is 17.8. The van der Waals surface area contributed by atoms with Gasteiger partial charge in [0.1, 0.15) is 0 Å². The number of carbonyl (C=O) groups excluding carboxylic acids is 1. The van der Waals surface area contributed by atoms with Gasteiger partial charge in [-0.2, -0.15) is 0 Å². The van der Waals surface area contributed by atoms with E-state index in [-0.39, 0.29) is 0 Å². The lowest BCUT2D eigenvalue weighted by atomic mass is 10.2. The van der Waals surface area contributed by atoms with Crippen LogP contribution in [0.4, 0.5) is 0 Å². The van der Waals surface area contributed by atoms with Crippen LogP contribution in [-0.2, 0) is 4.84 Å². The van der Waals surface area contributed by atoms with Crippen LogP contribution < -0.4 is 0 Å². The normalized spacial score (nSPS) is 11.4. The number of benzene rings is 1. The zero-order chi connectivity index (χ0) is 13.8. The summed E-state index contributed by atoms with van der Waals surface area (Å²) < 4.78 is 1.03. The molecule has 0 bridgehead atoms. The van der Waals surface area contributed by atoms with Gasteiger partial charge in [0.05, 0.1) is 16.2 Å². The number of oxime groups is 1. The van der Waals surface area contributed by atoms with Crippen molar-refractivity contribution in [1.29, 1.82) is 0 Å². The lowest BCUT2D eigenvalue weighted by molar-refractivity contribution is 0.0516.